The average Bonchev–Trinajstić information content (AvgIpc) is 3.33. The maximum atomic E-state index is 13.7. The summed E-state index contributed by atoms with van der Waals surface area (Å²) >= 11 is 8.42. The monoisotopic (exact) mass is 1010 g/mol. The van der Waals surface area contributed by atoms with Crippen molar-refractivity contribution in [2.45, 2.75) is 94.0 Å². The van der Waals surface area contributed by atoms with Crippen LogP contribution in [0.25, 0.3) is 5.57 Å². The van der Waals surface area contributed by atoms with E-state index in [1.165, 1.54) is 73.3 Å². The summed E-state index contributed by atoms with van der Waals surface area (Å²) < 4.78 is 68.7. The standard InChI is InChI=1S/C41H44ClF3N4O3S3.C9H20N2.C2H6/c1-40(2)19-18-36(29-8-12-32(42)13-9-29)31(27-40)28-48-21-23-49(24-22-48)33-14-10-30(11-15-33)39(50)47-54-35-16-17-37(38(26-35)55(51,52)41(43,44)45)46-20-25-53-34-6-4-3-5-7-34;1-4-10-5-7-11(8-6-10)9(2)3;1-2/h3-17,26,46H,18-25,27-28H2,1-2H3,(H,47,50);9H,4-8H2,1-3H3;1-2H3. The number of nitrogens with zero attached hydrogens (tertiary/aromatic N) is 4. The molecular formula is C52H70ClF3N6O3S3. The quantitative estimate of drug-likeness (QED) is 0.0682. The van der Waals surface area contributed by atoms with Gasteiger partial charge in [-0.1, -0.05) is 82.1 Å². The fraction of sp³-hybridized carbons (Fsp3) is 0.481. The van der Waals surface area contributed by atoms with Gasteiger partial charge in [-0.25, -0.2) is 8.42 Å². The van der Waals surface area contributed by atoms with Crippen LogP contribution in [-0.2, 0) is 9.84 Å². The van der Waals surface area contributed by atoms with E-state index >= 15 is 0 Å². The molecule has 2 fully saturated rings. The summed E-state index contributed by atoms with van der Waals surface area (Å²) in [6, 6.07) is 29.3. The molecule has 16 heteroatoms. The number of allylic oxidation sites excluding steroid dienone is 1. The molecule has 0 spiro atoms. The molecule has 2 saturated heterocycles. The minimum absolute atomic E-state index is 0.141. The third-order valence-corrected chi connectivity index (χ3v) is 16.0. The number of piperazine rings is 2. The molecule has 1 amide bonds. The summed E-state index contributed by atoms with van der Waals surface area (Å²) in [6.45, 7) is 26.4. The molecule has 7 rings (SSSR count). The maximum Gasteiger partial charge on any atom is 0.501 e. The Balaban J connectivity index is 0.000000579. The number of hydrogen-bond acceptors (Lipinski definition) is 10. The highest BCUT2D eigenvalue weighted by Crippen LogP contribution is 2.43. The van der Waals surface area contributed by atoms with Crippen LogP contribution in [0.2, 0.25) is 5.02 Å². The summed E-state index contributed by atoms with van der Waals surface area (Å²) in [5.41, 5.74) is 0.177. The van der Waals surface area contributed by atoms with Crippen molar-refractivity contribution in [1.82, 2.24) is 19.4 Å². The van der Waals surface area contributed by atoms with E-state index in [9.17, 15) is 26.4 Å². The largest absolute Gasteiger partial charge is 0.501 e. The van der Waals surface area contributed by atoms with Crippen molar-refractivity contribution in [3.63, 3.8) is 0 Å². The number of halogens is 4. The van der Waals surface area contributed by atoms with Gasteiger partial charge in [0, 0.05) is 103 Å². The molecule has 2 N–H and O–H groups in total. The van der Waals surface area contributed by atoms with Crippen LogP contribution in [0.1, 0.15) is 83.7 Å². The van der Waals surface area contributed by atoms with Gasteiger partial charge in [0.1, 0.15) is 4.90 Å². The van der Waals surface area contributed by atoms with E-state index in [-0.39, 0.29) is 22.5 Å². The number of carbonyl (C=O) groups excluding carboxylic acids is 1. The minimum Gasteiger partial charge on any atom is -0.383 e. The molecule has 0 unspecified atom stereocenters. The summed E-state index contributed by atoms with van der Waals surface area (Å²) in [5, 5.41) is 3.58. The molecular weight excluding hydrogens is 945 g/mol. The van der Waals surface area contributed by atoms with Gasteiger partial charge >= 0.3 is 5.51 Å². The van der Waals surface area contributed by atoms with Gasteiger partial charge in [-0.05, 0) is 135 Å². The number of nitrogens with one attached hydrogen (secondary N) is 2. The Hall–Kier alpha value is -3.70. The van der Waals surface area contributed by atoms with E-state index in [0.29, 0.717) is 11.3 Å². The Morgan fingerprint density at radius 2 is 1.46 bits per heavy atom. The van der Waals surface area contributed by atoms with Crippen molar-refractivity contribution in [2.24, 2.45) is 5.41 Å². The molecule has 3 aliphatic rings. The highest BCUT2D eigenvalue weighted by atomic mass is 35.5. The van der Waals surface area contributed by atoms with E-state index in [4.69, 9.17) is 11.6 Å². The molecule has 372 valence electrons. The molecule has 2 heterocycles. The topological polar surface area (TPSA) is 88.2 Å². The van der Waals surface area contributed by atoms with E-state index in [2.05, 4.69) is 76.4 Å². The zero-order valence-electron chi connectivity index (χ0n) is 40.7. The van der Waals surface area contributed by atoms with Crippen molar-refractivity contribution in [2.75, 3.05) is 88.0 Å². The summed E-state index contributed by atoms with van der Waals surface area (Å²) in [4.78, 5) is 23.2. The smallest absolute Gasteiger partial charge is 0.383 e. The number of amides is 1. The number of rotatable bonds is 15. The first kappa shape index (κ1) is 55.2. The molecule has 0 aromatic heterocycles. The fourth-order valence-corrected chi connectivity index (χ4v) is 11.1. The average molecular weight is 1020 g/mol. The van der Waals surface area contributed by atoms with Crippen LogP contribution in [-0.4, -0.2) is 118 Å². The lowest BCUT2D eigenvalue weighted by molar-refractivity contribution is -0.0435. The number of thioether (sulfide) groups is 1. The molecule has 0 bridgehead atoms. The SMILES string of the molecule is CC.CC1(C)CCC(c2ccc(Cl)cc2)=C(CN2CCN(c3ccc(C(=O)NSc4ccc(NCCSc5ccccc5)c(S(=O)(=O)C(F)(F)F)c4)cc3)CC2)C1.CCN1CCN(C(C)C)CC1. The summed E-state index contributed by atoms with van der Waals surface area (Å²) in [5.74, 6) is 0.0441. The second-order valence-electron chi connectivity index (χ2n) is 18.0. The van der Waals surface area contributed by atoms with E-state index in [0.717, 1.165) is 91.6 Å². The molecule has 0 radical (unpaired) electrons. The van der Waals surface area contributed by atoms with Gasteiger partial charge in [0.2, 0.25) is 0 Å². The van der Waals surface area contributed by atoms with Gasteiger partial charge in [-0.2, -0.15) is 13.2 Å². The third-order valence-electron chi connectivity index (χ3n) is 12.5. The maximum absolute atomic E-state index is 13.7. The summed E-state index contributed by atoms with van der Waals surface area (Å²) in [6.07, 6.45) is 3.28. The van der Waals surface area contributed by atoms with Gasteiger partial charge in [-0.15, -0.1) is 11.8 Å². The Labute approximate surface area is 417 Å². The number of anilines is 2. The highest BCUT2D eigenvalue weighted by molar-refractivity contribution is 7.99. The Kier molecular flexibility index (Phi) is 21.1. The second kappa shape index (κ2) is 26.0. The van der Waals surface area contributed by atoms with Gasteiger partial charge in [0.15, 0.2) is 0 Å². The number of benzene rings is 4. The Bertz CT molecular complexity index is 2340. The zero-order valence-corrected chi connectivity index (χ0v) is 43.9. The van der Waals surface area contributed by atoms with Crippen LogP contribution in [0.3, 0.4) is 0 Å². The predicted octanol–water partition coefficient (Wildman–Crippen LogP) is 12.1. The molecule has 4 aromatic carbocycles. The second-order valence-corrected chi connectivity index (χ2v) is 22.4. The minimum atomic E-state index is -5.67. The number of alkyl halides is 3. The van der Waals surface area contributed by atoms with Crippen molar-refractivity contribution >= 4 is 68.0 Å². The van der Waals surface area contributed by atoms with Crippen LogP contribution < -0.4 is 14.9 Å². The van der Waals surface area contributed by atoms with Crippen LogP contribution in [0, 0.1) is 5.41 Å². The van der Waals surface area contributed by atoms with Crippen LogP contribution in [0.15, 0.2) is 117 Å². The summed E-state index contributed by atoms with van der Waals surface area (Å²) in [7, 11) is -5.67. The molecule has 68 heavy (non-hydrogen) atoms. The van der Waals surface area contributed by atoms with Crippen molar-refractivity contribution < 1.29 is 26.4 Å². The molecule has 0 atom stereocenters. The van der Waals surface area contributed by atoms with Crippen LogP contribution >= 0.6 is 35.3 Å². The van der Waals surface area contributed by atoms with Gasteiger partial charge in [0.25, 0.3) is 15.7 Å². The lowest BCUT2D eigenvalue weighted by Crippen LogP contribution is -2.48. The van der Waals surface area contributed by atoms with Gasteiger partial charge < -0.3 is 15.1 Å². The van der Waals surface area contributed by atoms with Gasteiger partial charge in [0.05, 0.1) is 5.69 Å². The molecule has 9 nitrogen and oxygen atoms in total. The zero-order chi connectivity index (χ0) is 49.5. The van der Waals surface area contributed by atoms with E-state index < -0.39 is 26.1 Å². The predicted molar refractivity (Wildman–Crippen MR) is 280 cm³/mol. The van der Waals surface area contributed by atoms with Gasteiger partial charge in [-0.3, -0.25) is 19.3 Å². The van der Waals surface area contributed by atoms with Crippen molar-refractivity contribution in [3.8, 4) is 0 Å². The van der Waals surface area contributed by atoms with Crippen molar-refractivity contribution in [3.05, 3.63) is 119 Å². The molecule has 4 aromatic rings. The lowest BCUT2D eigenvalue weighted by Gasteiger charge is -2.39. The fourth-order valence-electron chi connectivity index (χ4n) is 8.51. The molecule has 0 saturated carbocycles. The molecule has 2 aliphatic heterocycles. The first-order valence-electron chi connectivity index (χ1n) is 23.8. The van der Waals surface area contributed by atoms with Crippen LogP contribution in [0.5, 0.6) is 0 Å². The molecule has 1 aliphatic carbocycles. The third kappa shape index (κ3) is 15.9. The normalized spacial score (nSPS) is 17.2. The highest BCUT2D eigenvalue weighted by Gasteiger charge is 2.48. The van der Waals surface area contributed by atoms with Crippen LogP contribution in [0.4, 0.5) is 24.5 Å². The van der Waals surface area contributed by atoms with E-state index in [1.54, 1.807) is 12.1 Å². The number of sulfone groups is 1. The first-order chi connectivity index (χ1) is 32.4. The first-order valence-corrected chi connectivity index (χ1v) is 27.4. The number of likely N-dealkylation sites (N-methyl/N-ethyl adjacent to an activating group) is 1. The Morgan fingerprint density at radius 3 is 2.06 bits per heavy atom. The van der Waals surface area contributed by atoms with Crippen molar-refractivity contribution in [1.29, 1.82) is 0 Å². The number of carbonyl (C=O) groups is 1. The van der Waals surface area contributed by atoms with E-state index in [1.807, 2.05) is 68.4 Å². The number of hydrogen-bond donors (Lipinski definition) is 2. The Morgan fingerprint density at radius 1 is 0.824 bits per heavy atom. The lowest BCUT2D eigenvalue weighted by atomic mass is 9.73.